The summed E-state index contributed by atoms with van der Waals surface area (Å²) in [7, 11) is 0. The number of fused-ring (bicyclic) bond motifs is 1. The molecule has 2 aliphatic rings. The number of unbranched alkanes of at least 4 members (excludes halogenated alkanes) is 3. The van der Waals surface area contributed by atoms with E-state index in [2.05, 4.69) is 32.3 Å². The van der Waals surface area contributed by atoms with Crippen molar-refractivity contribution < 1.29 is 9.90 Å². The van der Waals surface area contributed by atoms with Gasteiger partial charge in [0.15, 0.2) is 5.78 Å². The van der Waals surface area contributed by atoms with Crippen LogP contribution in [-0.4, -0.2) is 32.3 Å². The van der Waals surface area contributed by atoms with Crippen LogP contribution in [0.4, 0.5) is 0 Å². The number of Topliss-reactive ketones (excluding diaryl/α,β-unsaturated/α-hetero) is 1. The molecule has 1 saturated carbocycles. The van der Waals surface area contributed by atoms with Crippen LogP contribution in [0, 0.1) is 12.8 Å². The average molecular weight is 489 g/mol. The van der Waals surface area contributed by atoms with Crippen molar-refractivity contribution in [3.8, 4) is 0 Å². The van der Waals surface area contributed by atoms with Gasteiger partial charge in [0, 0.05) is 25.3 Å². The number of nitrogens with zero attached hydrogens (tertiary/aromatic N) is 4. The van der Waals surface area contributed by atoms with E-state index < -0.39 is 5.60 Å². The fraction of sp³-hybridized carbons (Fsp3) is 0.500. The van der Waals surface area contributed by atoms with Crippen LogP contribution in [0.5, 0.6) is 0 Å². The molecule has 2 aromatic heterocycles. The van der Waals surface area contributed by atoms with Crippen molar-refractivity contribution in [2.45, 2.75) is 91.6 Å². The highest BCUT2D eigenvalue weighted by Gasteiger charge is 2.29. The molecular weight excluding hydrogens is 448 g/mol. The van der Waals surface area contributed by atoms with Crippen LogP contribution in [-0.2, 0) is 23.2 Å². The van der Waals surface area contributed by atoms with Gasteiger partial charge in [-0.3, -0.25) is 14.8 Å². The Morgan fingerprint density at radius 3 is 2.58 bits per heavy atom. The lowest BCUT2D eigenvalue weighted by Crippen LogP contribution is -2.17. The number of carbonyl (C=O) groups is 1. The number of ketones is 1. The lowest BCUT2D eigenvalue weighted by Gasteiger charge is -2.16. The molecule has 6 heteroatoms. The maximum Gasteiger partial charge on any atom is 0.177 e. The Kier molecular flexibility index (Phi) is 9.82. The third-order valence-corrected chi connectivity index (χ3v) is 6.39. The highest BCUT2D eigenvalue weighted by molar-refractivity contribution is 5.94. The monoisotopic (exact) mass is 488 g/mol. The second kappa shape index (κ2) is 12.8. The Bertz CT molecular complexity index is 1140. The van der Waals surface area contributed by atoms with Gasteiger partial charge in [0.1, 0.15) is 11.3 Å². The van der Waals surface area contributed by atoms with Gasteiger partial charge >= 0.3 is 0 Å². The van der Waals surface area contributed by atoms with E-state index in [1.54, 1.807) is 32.6 Å². The number of hydrogen-bond donors (Lipinski definition) is 1. The molecule has 0 unspecified atom stereocenters. The van der Waals surface area contributed by atoms with Crippen LogP contribution in [0.15, 0.2) is 46.6 Å². The van der Waals surface area contributed by atoms with E-state index in [4.69, 9.17) is 0 Å². The largest absolute Gasteiger partial charge is 0.384 e. The second-order valence-electron chi connectivity index (χ2n) is 10.3. The van der Waals surface area contributed by atoms with Gasteiger partial charge in [-0.15, -0.1) is 0 Å². The molecule has 2 aromatic rings. The predicted octanol–water partition coefficient (Wildman–Crippen LogP) is 6.11. The van der Waals surface area contributed by atoms with Crippen LogP contribution < -0.4 is 0 Å². The quantitative estimate of drug-likeness (QED) is 0.248. The van der Waals surface area contributed by atoms with Crippen molar-refractivity contribution in [1.29, 1.82) is 0 Å². The second-order valence-corrected chi connectivity index (χ2v) is 10.3. The third kappa shape index (κ3) is 8.59. The summed E-state index contributed by atoms with van der Waals surface area (Å²) >= 11 is 0. The van der Waals surface area contributed by atoms with E-state index in [9.17, 15) is 9.90 Å². The molecule has 2 heterocycles. The first-order chi connectivity index (χ1) is 17.2. The van der Waals surface area contributed by atoms with Crippen molar-refractivity contribution in [2.75, 3.05) is 0 Å². The molecule has 0 saturated heterocycles. The minimum absolute atomic E-state index is 0.0325. The SMILES string of the molecule is CC=N/C(=C\CCCCCc1cc2c(nn1)CC(C1CC1)=C2)C(C)=O.Cc1cccc(C(C)(C)O)n1. The lowest BCUT2D eigenvalue weighted by atomic mass is 10.0. The minimum atomic E-state index is -0.827. The standard InChI is InChI=1S/C21H27N3O.C9H13NO/c1-3-22-20(15(2)25)9-7-5-4-6-8-19-13-18-12-17(16-10-11-16)14-21(18)24-23-19;1-7-5-4-6-8(10-7)9(2,3)11/h3,9,12-13,16H,4-8,10-11,14H2,1-2H3;4-6,11H,1-3H3/b20-9-,22-3?;. The third-order valence-electron chi connectivity index (χ3n) is 6.39. The fourth-order valence-electron chi connectivity index (χ4n) is 4.20. The van der Waals surface area contributed by atoms with E-state index >= 15 is 0 Å². The van der Waals surface area contributed by atoms with E-state index in [-0.39, 0.29) is 5.78 Å². The number of hydrogen-bond acceptors (Lipinski definition) is 6. The van der Waals surface area contributed by atoms with Crippen LogP contribution in [0.25, 0.3) is 6.08 Å². The molecule has 0 radical (unpaired) electrons. The van der Waals surface area contributed by atoms with Gasteiger partial charge in [-0.2, -0.15) is 10.2 Å². The van der Waals surface area contributed by atoms with Gasteiger partial charge in [-0.25, -0.2) is 0 Å². The molecule has 0 spiro atoms. The van der Waals surface area contributed by atoms with E-state index in [0.717, 1.165) is 67.2 Å². The molecular formula is C30H40N4O2. The van der Waals surface area contributed by atoms with Crippen molar-refractivity contribution in [1.82, 2.24) is 15.2 Å². The summed E-state index contributed by atoms with van der Waals surface area (Å²) in [6, 6.07) is 7.86. The zero-order valence-electron chi connectivity index (χ0n) is 22.4. The summed E-state index contributed by atoms with van der Waals surface area (Å²) < 4.78 is 0. The summed E-state index contributed by atoms with van der Waals surface area (Å²) in [5.74, 6) is 0.854. The Labute approximate surface area is 215 Å². The fourth-order valence-corrected chi connectivity index (χ4v) is 4.20. The molecule has 6 nitrogen and oxygen atoms in total. The predicted molar refractivity (Wildman–Crippen MR) is 146 cm³/mol. The summed E-state index contributed by atoms with van der Waals surface area (Å²) in [6.45, 7) is 8.77. The molecule has 0 atom stereocenters. The van der Waals surface area contributed by atoms with Crippen molar-refractivity contribution in [3.05, 3.63) is 70.0 Å². The zero-order chi connectivity index (χ0) is 26.1. The van der Waals surface area contributed by atoms with Gasteiger partial charge in [-0.05, 0) is 95.9 Å². The average Bonchev–Trinajstić information content (AvgIpc) is 3.59. The van der Waals surface area contributed by atoms with Crippen molar-refractivity contribution in [3.63, 3.8) is 0 Å². The first kappa shape index (κ1) is 27.6. The van der Waals surface area contributed by atoms with Crippen molar-refractivity contribution in [2.24, 2.45) is 10.9 Å². The topological polar surface area (TPSA) is 88.3 Å². The lowest BCUT2D eigenvalue weighted by molar-refractivity contribution is -0.113. The maximum absolute atomic E-state index is 11.4. The molecule has 192 valence electrons. The van der Waals surface area contributed by atoms with E-state index in [1.165, 1.54) is 18.4 Å². The number of carbonyl (C=O) groups excluding carboxylic acids is 1. The number of rotatable bonds is 10. The molecule has 4 rings (SSSR count). The summed E-state index contributed by atoms with van der Waals surface area (Å²) in [5, 5.41) is 18.4. The van der Waals surface area contributed by atoms with Gasteiger partial charge in [0.25, 0.3) is 0 Å². The highest BCUT2D eigenvalue weighted by Crippen LogP contribution is 2.41. The molecule has 0 bridgehead atoms. The van der Waals surface area contributed by atoms with Crippen molar-refractivity contribution >= 4 is 18.1 Å². The molecule has 36 heavy (non-hydrogen) atoms. The number of pyridine rings is 1. The molecule has 0 aromatic carbocycles. The number of aliphatic hydroxyl groups is 1. The smallest absolute Gasteiger partial charge is 0.177 e. The normalized spacial score (nSPS) is 15.4. The maximum atomic E-state index is 11.4. The number of aromatic nitrogens is 3. The first-order valence-electron chi connectivity index (χ1n) is 13.1. The van der Waals surface area contributed by atoms with Gasteiger partial charge in [-0.1, -0.05) is 30.2 Å². The van der Waals surface area contributed by atoms with Gasteiger partial charge in [0.05, 0.1) is 17.1 Å². The van der Waals surface area contributed by atoms with Crippen LogP contribution in [0.1, 0.15) is 94.6 Å². The Balaban J connectivity index is 0.000000275. The van der Waals surface area contributed by atoms with E-state index in [1.807, 2.05) is 38.1 Å². The number of allylic oxidation sites excluding steroid dienone is 3. The number of aryl methyl sites for hydroxylation is 2. The molecule has 1 N–H and O–H groups in total. The summed E-state index contributed by atoms with van der Waals surface area (Å²) in [6.07, 6.45) is 14.8. The Morgan fingerprint density at radius 1 is 1.19 bits per heavy atom. The summed E-state index contributed by atoms with van der Waals surface area (Å²) in [5.41, 5.74) is 6.51. The van der Waals surface area contributed by atoms with Gasteiger partial charge < -0.3 is 5.11 Å². The first-order valence-corrected chi connectivity index (χ1v) is 13.1. The van der Waals surface area contributed by atoms with E-state index in [0.29, 0.717) is 5.70 Å². The number of aliphatic imine (C=N–C) groups is 1. The molecule has 0 aliphatic heterocycles. The summed E-state index contributed by atoms with van der Waals surface area (Å²) in [4.78, 5) is 19.7. The van der Waals surface area contributed by atoms with Crippen LogP contribution >= 0.6 is 0 Å². The molecule has 1 fully saturated rings. The van der Waals surface area contributed by atoms with Crippen LogP contribution in [0.2, 0.25) is 0 Å². The molecule has 0 amide bonds. The zero-order valence-corrected chi connectivity index (χ0v) is 22.4. The molecule has 2 aliphatic carbocycles. The van der Waals surface area contributed by atoms with Gasteiger partial charge in [0.2, 0.25) is 0 Å². The highest BCUT2D eigenvalue weighted by atomic mass is 16.3. The Hall–Kier alpha value is -2.99. The minimum Gasteiger partial charge on any atom is -0.384 e. The Morgan fingerprint density at radius 2 is 1.97 bits per heavy atom. The van der Waals surface area contributed by atoms with Crippen LogP contribution in [0.3, 0.4) is 0 Å².